The minimum absolute atomic E-state index is 0.0977. The molecule has 1 aliphatic carbocycles. The molecule has 1 saturated heterocycles. The topological polar surface area (TPSA) is 105 Å². The molecule has 0 amide bonds. The SMILES string of the molecule is CC(=O)OC/C1=C/[C@@H]2OC(=O)C(C)[C@@H]2CC/C(C)=C(/OC(C)=O)CC1OC(C)=O. The number of fused-ring (bicyclic) bond motifs is 1. The van der Waals surface area contributed by atoms with Gasteiger partial charge in [-0.25, -0.2) is 0 Å². The molecule has 8 nitrogen and oxygen atoms in total. The van der Waals surface area contributed by atoms with E-state index in [9.17, 15) is 19.2 Å². The summed E-state index contributed by atoms with van der Waals surface area (Å²) in [6, 6.07) is 0. The molecule has 0 radical (unpaired) electrons. The molecule has 2 unspecified atom stereocenters. The second-order valence-electron chi connectivity index (χ2n) is 7.51. The van der Waals surface area contributed by atoms with E-state index in [-0.39, 0.29) is 30.8 Å². The van der Waals surface area contributed by atoms with Crippen molar-refractivity contribution < 1.29 is 38.1 Å². The Morgan fingerprint density at radius 3 is 2.41 bits per heavy atom. The Morgan fingerprint density at radius 2 is 1.83 bits per heavy atom. The van der Waals surface area contributed by atoms with Crippen molar-refractivity contribution in [2.75, 3.05) is 6.61 Å². The number of carbonyl (C=O) groups excluding carboxylic acids is 4. The second-order valence-corrected chi connectivity index (χ2v) is 7.51. The summed E-state index contributed by atoms with van der Waals surface area (Å²) in [4.78, 5) is 46.8. The number of esters is 4. The summed E-state index contributed by atoms with van der Waals surface area (Å²) in [6.45, 7) is 7.37. The highest BCUT2D eigenvalue weighted by Gasteiger charge is 2.41. The van der Waals surface area contributed by atoms with Crippen molar-refractivity contribution in [2.45, 2.75) is 66.1 Å². The first-order chi connectivity index (χ1) is 13.6. The van der Waals surface area contributed by atoms with Gasteiger partial charge in [0.15, 0.2) is 0 Å². The molecule has 0 bridgehead atoms. The summed E-state index contributed by atoms with van der Waals surface area (Å²) >= 11 is 0. The van der Waals surface area contributed by atoms with E-state index < -0.39 is 30.1 Å². The zero-order valence-corrected chi connectivity index (χ0v) is 17.5. The Labute approximate surface area is 170 Å². The Morgan fingerprint density at radius 1 is 1.14 bits per heavy atom. The van der Waals surface area contributed by atoms with Crippen LogP contribution in [0.15, 0.2) is 23.0 Å². The van der Waals surface area contributed by atoms with Gasteiger partial charge < -0.3 is 18.9 Å². The van der Waals surface area contributed by atoms with Crippen LogP contribution in [-0.2, 0) is 38.1 Å². The molecule has 0 spiro atoms. The van der Waals surface area contributed by atoms with Gasteiger partial charge in [-0.1, -0.05) is 6.92 Å². The zero-order valence-electron chi connectivity index (χ0n) is 17.5. The largest absolute Gasteiger partial charge is 0.461 e. The van der Waals surface area contributed by atoms with Crippen LogP contribution in [0, 0.1) is 11.8 Å². The number of carbonyl (C=O) groups is 4. The predicted octanol–water partition coefficient (Wildman–Crippen LogP) is 2.61. The van der Waals surface area contributed by atoms with Gasteiger partial charge >= 0.3 is 23.9 Å². The third kappa shape index (κ3) is 6.17. The monoisotopic (exact) mass is 408 g/mol. The van der Waals surface area contributed by atoms with Gasteiger partial charge in [0.2, 0.25) is 0 Å². The number of hydrogen-bond donors (Lipinski definition) is 0. The summed E-state index contributed by atoms with van der Waals surface area (Å²) in [5.74, 6) is -1.79. The molecule has 2 aliphatic rings. The molecule has 0 aromatic heterocycles. The minimum Gasteiger partial charge on any atom is -0.461 e. The van der Waals surface area contributed by atoms with Crippen molar-refractivity contribution in [3.05, 3.63) is 23.0 Å². The van der Waals surface area contributed by atoms with E-state index in [1.54, 1.807) is 6.08 Å². The third-order valence-electron chi connectivity index (χ3n) is 5.20. The molecule has 1 aliphatic heterocycles. The normalized spacial score (nSPS) is 31.6. The van der Waals surface area contributed by atoms with Crippen molar-refractivity contribution >= 4 is 23.9 Å². The molecule has 29 heavy (non-hydrogen) atoms. The maximum atomic E-state index is 12.2. The molecule has 8 heteroatoms. The minimum atomic E-state index is -0.829. The molecule has 0 aromatic rings. The first-order valence-corrected chi connectivity index (χ1v) is 9.67. The predicted molar refractivity (Wildman–Crippen MR) is 101 cm³/mol. The molecular formula is C21H28O8. The van der Waals surface area contributed by atoms with Gasteiger partial charge in [-0.3, -0.25) is 19.2 Å². The van der Waals surface area contributed by atoms with Gasteiger partial charge in [0.1, 0.15) is 24.6 Å². The van der Waals surface area contributed by atoms with Crippen LogP contribution in [0.25, 0.3) is 0 Å². The van der Waals surface area contributed by atoms with E-state index in [2.05, 4.69) is 0 Å². The lowest BCUT2D eigenvalue weighted by molar-refractivity contribution is -0.147. The number of hydrogen-bond acceptors (Lipinski definition) is 8. The molecule has 0 saturated carbocycles. The van der Waals surface area contributed by atoms with Crippen LogP contribution in [0.1, 0.15) is 53.9 Å². The van der Waals surface area contributed by atoms with E-state index in [0.717, 1.165) is 5.57 Å². The highest BCUT2D eigenvalue weighted by atomic mass is 16.6. The fourth-order valence-electron chi connectivity index (χ4n) is 3.62. The van der Waals surface area contributed by atoms with E-state index in [1.165, 1.54) is 20.8 Å². The van der Waals surface area contributed by atoms with E-state index in [0.29, 0.717) is 24.2 Å². The molecule has 0 aromatic carbocycles. The molecule has 1 fully saturated rings. The Hall–Kier alpha value is -2.64. The summed E-state index contributed by atoms with van der Waals surface area (Å²) < 4.78 is 21.5. The molecule has 4 atom stereocenters. The van der Waals surface area contributed by atoms with Gasteiger partial charge in [-0.15, -0.1) is 0 Å². The van der Waals surface area contributed by atoms with Crippen LogP contribution in [0.5, 0.6) is 0 Å². The lowest BCUT2D eigenvalue weighted by Crippen LogP contribution is -2.28. The van der Waals surface area contributed by atoms with E-state index >= 15 is 0 Å². The number of rotatable bonds is 4. The van der Waals surface area contributed by atoms with E-state index in [1.807, 2.05) is 13.8 Å². The molecule has 1 heterocycles. The summed E-state index contributed by atoms with van der Waals surface area (Å²) in [5.41, 5.74) is 1.31. The quantitative estimate of drug-likeness (QED) is 0.397. The molecular weight excluding hydrogens is 380 g/mol. The number of ether oxygens (including phenoxy) is 4. The van der Waals surface area contributed by atoms with Crippen LogP contribution in [0.4, 0.5) is 0 Å². The molecule has 0 N–H and O–H groups in total. The van der Waals surface area contributed by atoms with Crippen LogP contribution < -0.4 is 0 Å². The highest BCUT2D eigenvalue weighted by molar-refractivity contribution is 5.75. The summed E-state index contributed by atoms with van der Waals surface area (Å²) in [6.07, 6.45) is 1.73. The standard InChI is InChI=1S/C21H28O8/c1-11-6-7-17-12(2)21(25)29-20(17)8-16(10-26-13(3)22)19(28-15(5)24)9-18(11)27-14(4)23/h8,12,17,19-20H,6-7,9-10H2,1-5H3/b16-8-,18-11+/t12?,17-,19?,20-/m0/s1. The van der Waals surface area contributed by atoms with Crippen molar-refractivity contribution in [1.82, 2.24) is 0 Å². The van der Waals surface area contributed by atoms with Gasteiger partial charge in [0, 0.05) is 38.7 Å². The zero-order chi connectivity index (χ0) is 21.7. The second kappa shape index (κ2) is 9.71. The molecule has 2 rings (SSSR count). The summed E-state index contributed by atoms with van der Waals surface area (Å²) in [5, 5.41) is 0. The van der Waals surface area contributed by atoms with Crippen molar-refractivity contribution in [1.29, 1.82) is 0 Å². The van der Waals surface area contributed by atoms with Crippen molar-refractivity contribution in [2.24, 2.45) is 11.8 Å². The maximum Gasteiger partial charge on any atom is 0.309 e. The van der Waals surface area contributed by atoms with Crippen LogP contribution in [0.3, 0.4) is 0 Å². The fourth-order valence-corrected chi connectivity index (χ4v) is 3.62. The van der Waals surface area contributed by atoms with Crippen LogP contribution in [-0.4, -0.2) is 42.7 Å². The first kappa shape index (κ1) is 22.6. The third-order valence-corrected chi connectivity index (χ3v) is 5.20. The van der Waals surface area contributed by atoms with Crippen LogP contribution >= 0.6 is 0 Å². The van der Waals surface area contributed by atoms with Gasteiger partial charge in [0.05, 0.1) is 5.92 Å². The molecule has 160 valence electrons. The first-order valence-electron chi connectivity index (χ1n) is 9.67. The smallest absolute Gasteiger partial charge is 0.309 e. The van der Waals surface area contributed by atoms with Gasteiger partial charge in [-0.2, -0.15) is 0 Å². The Kier molecular flexibility index (Phi) is 7.59. The van der Waals surface area contributed by atoms with Gasteiger partial charge in [-0.05, 0) is 31.4 Å². The Bertz CT molecular complexity index is 748. The van der Waals surface area contributed by atoms with Gasteiger partial charge in [0.25, 0.3) is 0 Å². The lowest BCUT2D eigenvalue weighted by Gasteiger charge is -2.26. The average Bonchev–Trinajstić information content (AvgIpc) is 2.87. The van der Waals surface area contributed by atoms with Crippen LogP contribution in [0.2, 0.25) is 0 Å². The fraction of sp³-hybridized carbons (Fsp3) is 0.619. The highest BCUT2D eigenvalue weighted by Crippen LogP contribution is 2.37. The van der Waals surface area contributed by atoms with Crippen molar-refractivity contribution in [3.63, 3.8) is 0 Å². The van der Waals surface area contributed by atoms with E-state index in [4.69, 9.17) is 18.9 Å². The van der Waals surface area contributed by atoms with Crippen molar-refractivity contribution in [3.8, 4) is 0 Å². The summed E-state index contributed by atoms with van der Waals surface area (Å²) in [7, 11) is 0. The maximum absolute atomic E-state index is 12.2. The average molecular weight is 408 g/mol. The number of allylic oxidation sites excluding steroid dienone is 1. The lowest BCUT2D eigenvalue weighted by atomic mass is 9.84. The Balaban J connectivity index is 2.50.